The molecule has 1 aromatic carbocycles. The number of anilines is 1. The first-order valence-corrected chi connectivity index (χ1v) is 6.15. The molecule has 0 saturated carbocycles. The van der Waals surface area contributed by atoms with E-state index in [0.717, 1.165) is 19.6 Å². The summed E-state index contributed by atoms with van der Waals surface area (Å²) in [7, 11) is 1.99. The Hall–Kier alpha value is -1.55. The smallest absolute Gasteiger partial charge is 0.0699 e. The van der Waals surface area contributed by atoms with Crippen LogP contribution in [0.15, 0.2) is 24.4 Å². The zero-order valence-corrected chi connectivity index (χ0v) is 10.3. The van der Waals surface area contributed by atoms with Gasteiger partial charge in [0.1, 0.15) is 0 Å². The maximum atomic E-state index is 4.29. The van der Waals surface area contributed by atoms with Crippen LogP contribution in [0.1, 0.15) is 6.92 Å². The molecule has 0 unspecified atom stereocenters. The van der Waals surface area contributed by atoms with Crippen molar-refractivity contribution in [1.82, 2.24) is 15.1 Å². The van der Waals surface area contributed by atoms with Crippen molar-refractivity contribution in [3.05, 3.63) is 24.4 Å². The number of nitrogens with one attached hydrogen (secondary N) is 1. The fourth-order valence-electron chi connectivity index (χ4n) is 2.54. The van der Waals surface area contributed by atoms with E-state index >= 15 is 0 Å². The monoisotopic (exact) mass is 230 g/mol. The van der Waals surface area contributed by atoms with Crippen molar-refractivity contribution in [3.8, 4) is 0 Å². The molecule has 2 heterocycles. The Morgan fingerprint density at radius 2 is 2.29 bits per heavy atom. The van der Waals surface area contributed by atoms with E-state index in [1.54, 1.807) is 0 Å². The number of piperazine rings is 1. The lowest BCUT2D eigenvalue weighted by Crippen LogP contribution is -2.49. The molecule has 1 N–H and O–H groups in total. The van der Waals surface area contributed by atoms with Crippen LogP contribution >= 0.6 is 0 Å². The molecule has 1 atom stereocenters. The van der Waals surface area contributed by atoms with Gasteiger partial charge in [-0.05, 0) is 25.1 Å². The Kier molecular flexibility index (Phi) is 2.52. The highest BCUT2D eigenvalue weighted by molar-refractivity contribution is 5.82. The summed E-state index contributed by atoms with van der Waals surface area (Å²) < 4.78 is 1.94. The van der Waals surface area contributed by atoms with Crippen LogP contribution < -0.4 is 10.2 Å². The predicted octanol–water partition coefficient (Wildman–Crippen LogP) is 1.37. The first-order valence-electron chi connectivity index (χ1n) is 6.15. The van der Waals surface area contributed by atoms with E-state index in [0.29, 0.717) is 6.04 Å². The van der Waals surface area contributed by atoms with Gasteiger partial charge >= 0.3 is 0 Å². The quantitative estimate of drug-likeness (QED) is 0.803. The van der Waals surface area contributed by atoms with Gasteiger partial charge in [0.15, 0.2) is 0 Å². The van der Waals surface area contributed by atoms with Gasteiger partial charge in [-0.2, -0.15) is 5.10 Å². The zero-order valence-electron chi connectivity index (χ0n) is 10.3. The minimum atomic E-state index is 0.550. The van der Waals surface area contributed by atoms with Crippen LogP contribution in [-0.2, 0) is 7.05 Å². The predicted molar refractivity (Wildman–Crippen MR) is 70.4 cm³/mol. The Bertz CT molecular complexity index is 531. The molecule has 90 valence electrons. The maximum absolute atomic E-state index is 4.29. The molecule has 1 aromatic heterocycles. The molecule has 1 saturated heterocycles. The topological polar surface area (TPSA) is 33.1 Å². The minimum absolute atomic E-state index is 0.550. The minimum Gasteiger partial charge on any atom is -0.366 e. The summed E-state index contributed by atoms with van der Waals surface area (Å²) in [6, 6.07) is 7.15. The third kappa shape index (κ3) is 1.78. The SMILES string of the molecule is C[C@H]1CNCCN1c1ccc2cnn(C)c2c1. The Balaban J connectivity index is 2.01. The van der Waals surface area contributed by atoms with E-state index in [2.05, 4.69) is 40.4 Å². The highest BCUT2D eigenvalue weighted by Crippen LogP contribution is 2.23. The summed E-state index contributed by atoms with van der Waals surface area (Å²) in [5, 5.41) is 8.91. The maximum Gasteiger partial charge on any atom is 0.0699 e. The molecule has 17 heavy (non-hydrogen) atoms. The molecule has 0 spiro atoms. The summed E-state index contributed by atoms with van der Waals surface area (Å²) in [6.07, 6.45) is 1.92. The van der Waals surface area contributed by atoms with Gasteiger partial charge in [0.25, 0.3) is 0 Å². The van der Waals surface area contributed by atoms with Crippen molar-refractivity contribution in [2.75, 3.05) is 24.5 Å². The molecule has 1 aliphatic rings. The number of benzene rings is 1. The third-order valence-corrected chi connectivity index (χ3v) is 3.57. The lowest BCUT2D eigenvalue weighted by Gasteiger charge is -2.35. The van der Waals surface area contributed by atoms with Crippen LogP contribution in [0.4, 0.5) is 5.69 Å². The molecular weight excluding hydrogens is 212 g/mol. The molecule has 4 heteroatoms. The van der Waals surface area contributed by atoms with Gasteiger partial charge in [-0.1, -0.05) is 0 Å². The highest BCUT2D eigenvalue weighted by Gasteiger charge is 2.18. The lowest BCUT2D eigenvalue weighted by atomic mass is 10.1. The fourth-order valence-corrected chi connectivity index (χ4v) is 2.54. The molecule has 0 amide bonds. The normalized spacial score (nSPS) is 21.1. The van der Waals surface area contributed by atoms with Gasteiger partial charge < -0.3 is 10.2 Å². The number of rotatable bonds is 1. The van der Waals surface area contributed by atoms with Crippen molar-refractivity contribution < 1.29 is 0 Å². The first-order chi connectivity index (χ1) is 8.25. The first kappa shape index (κ1) is 10.6. The molecule has 0 radical (unpaired) electrons. The second-order valence-electron chi connectivity index (χ2n) is 4.76. The molecular formula is C13H18N4. The van der Waals surface area contributed by atoms with Gasteiger partial charge in [-0.3, -0.25) is 4.68 Å². The van der Waals surface area contributed by atoms with Gasteiger partial charge in [-0.15, -0.1) is 0 Å². The number of aromatic nitrogens is 2. The van der Waals surface area contributed by atoms with Crippen LogP contribution in [0.3, 0.4) is 0 Å². The fraction of sp³-hybridized carbons (Fsp3) is 0.462. The van der Waals surface area contributed by atoms with E-state index in [9.17, 15) is 0 Å². The second kappa shape index (κ2) is 4.04. The lowest BCUT2D eigenvalue weighted by molar-refractivity contribution is 0.501. The van der Waals surface area contributed by atoms with Crippen molar-refractivity contribution >= 4 is 16.6 Å². The molecule has 2 aromatic rings. The average Bonchev–Trinajstić information content (AvgIpc) is 2.71. The average molecular weight is 230 g/mol. The van der Waals surface area contributed by atoms with Crippen molar-refractivity contribution in [2.45, 2.75) is 13.0 Å². The second-order valence-corrected chi connectivity index (χ2v) is 4.76. The molecule has 0 aliphatic carbocycles. The summed E-state index contributed by atoms with van der Waals surface area (Å²) in [5.41, 5.74) is 2.50. The molecule has 3 rings (SSSR count). The van der Waals surface area contributed by atoms with Gasteiger partial charge in [0.05, 0.1) is 11.7 Å². The van der Waals surface area contributed by atoms with Gasteiger partial charge in [0.2, 0.25) is 0 Å². The number of aryl methyl sites for hydroxylation is 1. The van der Waals surface area contributed by atoms with E-state index in [1.165, 1.54) is 16.6 Å². The standard InChI is InChI=1S/C13H18N4/c1-10-8-14-5-6-17(10)12-4-3-11-9-15-16(2)13(11)7-12/h3-4,7,9-10,14H,5-6,8H2,1-2H3/t10-/m0/s1. The van der Waals surface area contributed by atoms with Crippen molar-refractivity contribution in [2.24, 2.45) is 7.05 Å². The molecule has 1 fully saturated rings. The molecule has 0 bridgehead atoms. The van der Waals surface area contributed by atoms with E-state index in [1.807, 2.05) is 17.9 Å². The summed E-state index contributed by atoms with van der Waals surface area (Å²) in [4.78, 5) is 2.46. The van der Waals surface area contributed by atoms with Gasteiger partial charge in [-0.25, -0.2) is 0 Å². The summed E-state index contributed by atoms with van der Waals surface area (Å²) in [5.74, 6) is 0. The van der Waals surface area contributed by atoms with E-state index < -0.39 is 0 Å². The van der Waals surface area contributed by atoms with Crippen molar-refractivity contribution in [3.63, 3.8) is 0 Å². The highest BCUT2D eigenvalue weighted by atomic mass is 15.3. The van der Waals surface area contributed by atoms with E-state index in [-0.39, 0.29) is 0 Å². The van der Waals surface area contributed by atoms with Crippen LogP contribution in [0.25, 0.3) is 10.9 Å². The number of hydrogen-bond donors (Lipinski definition) is 1. The largest absolute Gasteiger partial charge is 0.366 e. The van der Waals surface area contributed by atoms with Crippen LogP contribution in [0.5, 0.6) is 0 Å². The van der Waals surface area contributed by atoms with Crippen LogP contribution in [0, 0.1) is 0 Å². The van der Waals surface area contributed by atoms with Crippen LogP contribution in [0.2, 0.25) is 0 Å². The van der Waals surface area contributed by atoms with Crippen molar-refractivity contribution in [1.29, 1.82) is 0 Å². The number of fused-ring (bicyclic) bond motifs is 1. The Morgan fingerprint density at radius 3 is 3.12 bits per heavy atom. The molecule has 4 nitrogen and oxygen atoms in total. The zero-order chi connectivity index (χ0) is 11.8. The third-order valence-electron chi connectivity index (χ3n) is 3.57. The van der Waals surface area contributed by atoms with E-state index in [4.69, 9.17) is 0 Å². The Morgan fingerprint density at radius 1 is 1.41 bits per heavy atom. The number of hydrogen-bond acceptors (Lipinski definition) is 3. The Labute approximate surface area is 101 Å². The summed E-state index contributed by atoms with van der Waals surface area (Å²) in [6.45, 7) is 5.46. The number of nitrogens with zero attached hydrogens (tertiary/aromatic N) is 3. The molecule has 1 aliphatic heterocycles. The summed E-state index contributed by atoms with van der Waals surface area (Å²) >= 11 is 0. The van der Waals surface area contributed by atoms with Crippen LogP contribution in [-0.4, -0.2) is 35.5 Å². The van der Waals surface area contributed by atoms with Gasteiger partial charge in [0, 0.05) is 43.8 Å².